The molecule has 1 aromatic heterocycles. The summed E-state index contributed by atoms with van der Waals surface area (Å²) in [6, 6.07) is 7.47. The molecule has 0 bridgehead atoms. The van der Waals surface area contributed by atoms with Gasteiger partial charge in [0.25, 0.3) is 0 Å². The van der Waals surface area contributed by atoms with E-state index in [0.29, 0.717) is 17.5 Å². The summed E-state index contributed by atoms with van der Waals surface area (Å²) in [7, 11) is 1.68. The minimum atomic E-state index is 0.0691. The van der Waals surface area contributed by atoms with Crippen LogP contribution in [0.4, 0.5) is 0 Å². The fraction of sp³-hybridized carbons (Fsp3) is 0.412. The van der Waals surface area contributed by atoms with E-state index in [1.807, 2.05) is 31.2 Å². The molecule has 1 aliphatic rings. The van der Waals surface area contributed by atoms with Crippen LogP contribution in [0, 0.1) is 12.8 Å². The molecule has 2 heterocycles. The Balaban J connectivity index is 1.71. The molecular formula is C17H20ClN3O2. The minimum Gasteiger partial charge on any atom is -0.441 e. The molecule has 23 heavy (non-hydrogen) atoms. The van der Waals surface area contributed by atoms with E-state index in [0.717, 1.165) is 36.5 Å². The van der Waals surface area contributed by atoms with Crippen LogP contribution in [0.1, 0.15) is 17.9 Å². The number of aromatic nitrogens is 1. The Morgan fingerprint density at radius 1 is 1.52 bits per heavy atom. The fourth-order valence-electron chi connectivity index (χ4n) is 2.93. The molecule has 1 aromatic carbocycles. The number of nitrogens with zero attached hydrogens (tertiary/aromatic N) is 2. The van der Waals surface area contributed by atoms with Crippen LogP contribution in [-0.4, -0.2) is 35.9 Å². The summed E-state index contributed by atoms with van der Waals surface area (Å²) in [6.07, 6.45) is 0.887. The van der Waals surface area contributed by atoms with Crippen molar-refractivity contribution in [3.05, 3.63) is 40.7 Å². The molecular weight excluding hydrogens is 314 g/mol. The lowest BCUT2D eigenvalue weighted by Gasteiger charge is -2.14. The second-order valence-corrected chi connectivity index (χ2v) is 6.30. The van der Waals surface area contributed by atoms with E-state index in [1.165, 1.54) is 0 Å². The van der Waals surface area contributed by atoms with E-state index in [1.54, 1.807) is 7.05 Å². The Morgan fingerprint density at radius 2 is 2.35 bits per heavy atom. The van der Waals surface area contributed by atoms with Gasteiger partial charge in [-0.15, -0.1) is 0 Å². The van der Waals surface area contributed by atoms with Crippen molar-refractivity contribution >= 4 is 17.5 Å². The smallest absolute Gasteiger partial charge is 0.226 e. The van der Waals surface area contributed by atoms with Gasteiger partial charge < -0.3 is 9.73 Å². The summed E-state index contributed by atoms with van der Waals surface area (Å²) >= 11 is 6.02. The van der Waals surface area contributed by atoms with Gasteiger partial charge in [-0.05, 0) is 38.1 Å². The Bertz CT molecular complexity index is 714. The van der Waals surface area contributed by atoms with Crippen molar-refractivity contribution in [3.8, 4) is 11.5 Å². The molecule has 0 radical (unpaired) electrons. The van der Waals surface area contributed by atoms with E-state index in [4.69, 9.17) is 16.0 Å². The van der Waals surface area contributed by atoms with E-state index in [-0.39, 0.29) is 11.8 Å². The van der Waals surface area contributed by atoms with Crippen LogP contribution in [0.25, 0.3) is 11.5 Å². The van der Waals surface area contributed by atoms with Gasteiger partial charge in [0.1, 0.15) is 5.76 Å². The first-order chi connectivity index (χ1) is 11.1. The van der Waals surface area contributed by atoms with Crippen molar-refractivity contribution in [3.63, 3.8) is 0 Å². The molecule has 1 fully saturated rings. The number of benzene rings is 1. The first-order valence-electron chi connectivity index (χ1n) is 7.73. The third kappa shape index (κ3) is 3.57. The number of carbonyl (C=O) groups is 1. The monoisotopic (exact) mass is 333 g/mol. The van der Waals surface area contributed by atoms with Crippen LogP contribution < -0.4 is 5.32 Å². The molecule has 1 unspecified atom stereocenters. The number of halogens is 1. The summed E-state index contributed by atoms with van der Waals surface area (Å²) in [6.45, 7) is 4.28. The van der Waals surface area contributed by atoms with E-state index in [2.05, 4.69) is 15.2 Å². The molecule has 1 saturated heterocycles. The summed E-state index contributed by atoms with van der Waals surface area (Å²) in [5.74, 6) is 1.58. The molecule has 0 saturated carbocycles. The average molecular weight is 334 g/mol. The van der Waals surface area contributed by atoms with Crippen molar-refractivity contribution in [1.29, 1.82) is 0 Å². The molecule has 0 aliphatic carbocycles. The molecule has 6 heteroatoms. The Labute approximate surface area is 140 Å². The average Bonchev–Trinajstić information content (AvgIpc) is 3.14. The standard InChI is InChI=1S/C17H20ClN3O2/c1-11-15(10-21-7-6-13(9-21)16(22)19-2)20-17(23-11)12-4-3-5-14(18)8-12/h3-5,8,13H,6-7,9-10H2,1-2H3,(H,19,22). The van der Waals surface area contributed by atoms with Crippen LogP contribution in [0.15, 0.2) is 28.7 Å². The number of oxazole rings is 1. The van der Waals surface area contributed by atoms with Crippen molar-refractivity contribution in [2.24, 2.45) is 5.92 Å². The van der Waals surface area contributed by atoms with Crippen LogP contribution in [0.3, 0.4) is 0 Å². The van der Waals surface area contributed by atoms with E-state index in [9.17, 15) is 4.79 Å². The molecule has 122 valence electrons. The highest BCUT2D eigenvalue weighted by Gasteiger charge is 2.28. The summed E-state index contributed by atoms with van der Waals surface area (Å²) in [4.78, 5) is 18.6. The lowest BCUT2D eigenvalue weighted by molar-refractivity contribution is -0.124. The summed E-state index contributed by atoms with van der Waals surface area (Å²) in [5.41, 5.74) is 1.79. The van der Waals surface area contributed by atoms with Crippen LogP contribution in [0.2, 0.25) is 5.02 Å². The predicted octanol–water partition coefficient (Wildman–Crippen LogP) is 2.87. The molecule has 5 nitrogen and oxygen atoms in total. The highest BCUT2D eigenvalue weighted by Crippen LogP contribution is 2.26. The Hall–Kier alpha value is -1.85. The number of hydrogen-bond acceptors (Lipinski definition) is 4. The highest BCUT2D eigenvalue weighted by atomic mass is 35.5. The number of hydrogen-bond donors (Lipinski definition) is 1. The van der Waals surface area contributed by atoms with Gasteiger partial charge in [-0.2, -0.15) is 0 Å². The van der Waals surface area contributed by atoms with Crippen molar-refractivity contribution in [2.75, 3.05) is 20.1 Å². The van der Waals surface area contributed by atoms with Crippen LogP contribution >= 0.6 is 11.6 Å². The first kappa shape index (κ1) is 16.0. The van der Waals surface area contributed by atoms with Crippen LogP contribution in [0.5, 0.6) is 0 Å². The lowest BCUT2D eigenvalue weighted by atomic mass is 10.1. The SMILES string of the molecule is CNC(=O)C1CCN(Cc2nc(-c3cccc(Cl)c3)oc2C)C1. The molecule has 1 aliphatic heterocycles. The molecule has 1 N–H and O–H groups in total. The first-order valence-corrected chi connectivity index (χ1v) is 8.11. The maximum Gasteiger partial charge on any atom is 0.226 e. The normalized spacial score (nSPS) is 18.3. The minimum absolute atomic E-state index is 0.0691. The van der Waals surface area contributed by atoms with E-state index >= 15 is 0 Å². The second-order valence-electron chi connectivity index (χ2n) is 5.87. The maximum absolute atomic E-state index is 11.7. The quantitative estimate of drug-likeness (QED) is 0.934. The van der Waals surface area contributed by atoms with Crippen LogP contribution in [-0.2, 0) is 11.3 Å². The molecule has 0 spiro atoms. The Kier molecular flexibility index (Phi) is 4.68. The number of amides is 1. The summed E-state index contributed by atoms with van der Waals surface area (Å²) < 4.78 is 5.79. The summed E-state index contributed by atoms with van der Waals surface area (Å²) in [5, 5.41) is 3.38. The number of likely N-dealkylation sites (tertiary alicyclic amines) is 1. The number of nitrogens with one attached hydrogen (secondary N) is 1. The zero-order valence-electron chi connectivity index (χ0n) is 13.3. The van der Waals surface area contributed by atoms with Gasteiger partial charge in [0, 0.05) is 30.7 Å². The topological polar surface area (TPSA) is 58.4 Å². The predicted molar refractivity (Wildman–Crippen MR) is 89.1 cm³/mol. The molecule has 3 rings (SSSR count). The second kappa shape index (κ2) is 6.72. The zero-order valence-corrected chi connectivity index (χ0v) is 14.1. The van der Waals surface area contributed by atoms with Crippen molar-refractivity contribution in [1.82, 2.24) is 15.2 Å². The van der Waals surface area contributed by atoms with Gasteiger partial charge in [0.2, 0.25) is 11.8 Å². The van der Waals surface area contributed by atoms with Crippen molar-refractivity contribution in [2.45, 2.75) is 19.9 Å². The number of aryl methyl sites for hydroxylation is 1. The van der Waals surface area contributed by atoms with Gasteiger partial charge in [-0.3, -0.25) is 9.69 Å². The van der Waals surface area contributed by atoms with Crippen molar-refractivity contribution < 1.29 is 9.21 Å². The van der Waals surface area contributed by atoms with Gasteiger partial charge in [0.15, 0.2) is 0 Å². The fourth-order valence-corrected chi connectivity index (χ4v) is 3.12. The van der Waals surface area contributed by atoms with E-state index < -0.39 is 0 Å². The third-order valence-electron chi connectivity index (χ3n) is 4.23. The third-order valence-corrected chi connectivity index (χ3v) is 4.46. The number of carbonyl (C=O) groups excluding carboxylic acids is 1. The van der Waals surface area contributed by atoms with Gasteiger partial charge in [-0.25, -0.2) is 4.98 Å². The number of rotatable bonds is 4. The zero-order chi connectivity index (χ0) is 16.4. The van der Waals surface area contributed by atoms with Gasteiger partial charge in [-0.1, -0.05) is 17.7 Å². The molecule has 1 atom stereocenters. The largest absolute Gasteiger partial charge is 0.441 e. The van der Waals surface area contributed by atoms with Gasteiger partial charge in [0.05, 0.1) is 11.6 Å². The molecule has 1 amide bonds. The lowest BCUT2D eigenvalue weighted by Crippen LogP contribution is -2.30. The maximum atomic E-state index is 11.7. The van der Waals surface area contributed by atoms with Gasteiger partial charge >= 0.3 is 0 Å². The highest BCUT2D eigenvalue weighted by molar-refractivity contribution is 6.30. The molecule has 2 aromatic rings. The Morgan fingerprint density at radius 3 is 3.09 bits per heavy atom.